The SMILES string of the molecule is C[Si](C)(C)CC(Br)C(=O)O. The highest BCUT2D eigenvalue weighted by molar-refractivity contribution is 9.10. The van der Waals surface area contributed by atoms with Crippen molar-refractivity contribution in [2.45, 2.75) is 30.5 Å². The van der Waals surface area contributed by atoms with Crippen LogP contribution in [0.4, 0.5) is 0 Å². The molecule has 60 valence electrons. The average molecular weight is 225 g/mol. The molecule has 0 saturated heterocycles. The first kappa shape index (κ1) is 10.2. The van der Waals surface area contributed by atoms with Crippen molar-refractivity contribution < 1.29 is 9.90 Å². The molecule has 2 nitrogen and oxygen atoms in total. The zero-order valence-electron chi connectivity index (χ0n) is 6.52. The first-order chi connectivity index (χ1) is 4.33. The van der Waals surface area contributed by atoms with E-state index in [0.717, 1.165) is 6.04 Å². The summed E-state index contributed by atoms with van der Waals surface area (Å²) >= 11 is 3.11. The van der Waals surface area contributed by atoms with E-state index in [1.165, 1.54) is 0 Å². The van der Waals surface area contributed by atoms with Crippen molar-refractivity contribution in [1.82, 2.24) is 0 Å². The van der Waals surface area contributed by atoms with Crippen LogP contribution in [-0.4, -0.2) is 24.0 Å². The van der Waals surface area contributed by atoms with Gasteiger partial charge in [0.15, 0.2) is 0 Å². The molecule has 1 unspecified atom stereocenters. The van der Waals surface area contributed by atoms with E-state index in [0.29, 0.717) is 0 Å². The second kappa shape index (κ2) is 3.53. The number of hydrogen-bond donors (Lipinski definition) is 1. The van der Waals surface area contributed by atoms with Gasteiger partial charge in [-0.1, -0.05) is 35.6 Å². The Balaban J connectivity index is 3.80. The van der Waals surface area contributed by atoms with Gasteiger partial charge in [0, 0.05) is 8.07 Å². The van der Waals surface area contributed by atoms with E-state index in [1.54, 1.807) is 0 Å². The molecule has 0 heterocycles. The highest BCUT2D eigenvalue weighted by Gasteiger charge is 2.22. The van der Waals surface area contributed by atoms with Crippen LogP contribution in [-0.2, 0) is 4.79 Å². The molecule has 0 aromatic heterocycles. The number of alkyl halides is 1. The van der Waals surface area contributed by atoms with Crippen molar-refractivity contribution in [3.8, 4) is 0 Å². The fraction of sp³-hybridized carbons (Fsp3) is 0.833. The number of carboxylic acid groups (broad SMARTS) is 1. The molecule has 0 aliphatic rings. The minimum atomic E-state index is -1.21. The van der Waals surface area contributed by atoms with E-state index < -0.39 is 14.0 Å². The predicted octanol–water partition coefficient (Wildman–Crippen LogP) is 2.17. The quantitative estimate of drug-likeness (QED) is 0.590. The van der Waals surface area contributed by atoms with E-state index in [4.69, 9.17) is 5.11 Å². The van der Waals surface area contributed by atoms with Crippen molar-refractivity contribution in [3.63, 3.8) is 0 Å². The predicted molar refractivity (Wildman–Crippen MR) is 48.5 cm³/mol. The van der Waals surface area contributed by atoms with Crippen LogP contribution in [0.2, 0.25) is 25.7 Å². The molecule has 4 heteroatoms. The van der Waals surface area contributed by atoms with E-state index in [-0.39, 0.29) is 4.83 Å². The van der Waals surface area contributed by atoms with Crippen molar-refractivity contribution in [1.29, 1.82) is 0 Å². The van der Waals surface area contributed by atoms with Crippen LogP contribution in [0.15, 0.2) is 0 Å². The van der Waals surface area contributed by atoms with Gasteiger partial charge >= 0.3 is 5.97 Å². The second-order valence-electron chi connectivity index (χ2n) is 3.57. The maximum atomic E-state index is 10.4. The van der Waals surface area contributed by atoms with Crippen LogP contribution in [0.3, 0.4) is 0 Å². The standard InChI is InChI=1S/C6H13BrO2Si/c1-10(2,3)4-5(7)6(8)9/h5H,4H2,1-3H3,(H,8,9). The molecule has 0 saturated carbocycles. The lowest BCUT2D eigenvalue weighted by Crippen LogP contribution is -2.28. The molecule has 0 aliphatic heterocycles. The van der Waals surface area contributed by atoms with Gasteiger partial charge in [0.25, 0.3) is 0 Å². The van der Waals surface area contributed by atoms with Crippen LogP contribution in [0, 0.1) is 0 Å². The van der Waals surface area contributed by atoms with Crippen LogP contribution in [0.5, 0.6) is 0 Å². The van der Waals surface area contributed by atoms with Gasteiger partial charge in [-0.2, -0.15) is 0 Å². The zero-order chi connectivity index (χ0) is 8.36. The van der Waals surface area contributed by atoms with E-state index in [2.05, 4.69) is 35.6 Å². The van der Waals surface area contributed by atoms with Crippen LogP contribution in [0.25, 0.3) is 0 Å². The van der Waals surface area contributed by atoms with Gasteiger partial charge in [-0.05, 0) is 6.04 Å². The van der Waals surface area contributed by atoms with Crippen LogP contribution in [0.1, 0.15) is 0 Å². The molecule has 0 bridgehead atoms. The topological polar surface area (TPSA) is 37.3 Å². The number of hydrogen-bond acceptors (Lipinski definition) is 1. The molecule has 0 aliphatic carbocycles. The third kappa shape index (κ3) is 4.99. The number of carboxylic acids is 1. The van der Waals surface area contributed by atoms with Gasteiger partial charge in [0.1, 0.15) is 4.83 Å². The van der Waals surface area contributed by atoms with Crippen molar-refractivity contribution in [2.24, 2.45) is 0 Å². The maximum absolute atomic E-state index is 10.4. The molecule has 0 radical (unpaired) electrons. The summed E-state index contributed by atoms with van der Waals surface area (Å²) in [6.45, 7) is 6.47. The summed E-state index contributed by atoms with van der Waals surface area (Å²) in [6, 6.07) is 0.794. The van der Waals surface area contributed by atoms with E-state index in [9.17, 15) is 4.79 Å². The summed E-state index contributed by atoms with van der Waals surface area (Å²) in [4.78, 5) is 10.0. The third-order valence-electron chi connectivity index (χ3n) is 1.06. The minimum absolute atomic E-state index is 0.348. The van der Waals surface area contributed by atoms with Gasteiger partial charge < -0.3 is 5.11 Å². The summed E-state index contributed by atoms with van der Waals surface area (Å²) < 4.78 is 0. The lowest BCUT2D eigenvalue weighted by molar-refractivity contribution is -0.135. The highest BCUT2D eigenvalue weighted by atomic mass is 79.9. The lowest BCUT2D eigenvalue weighted by Gasteiger charge is -2.16. The Hall–Kier alpha value is 0.167. The van der Waals surface area contributed by atoms with Crippen molar-refractivity contribution in [3.05, 3.63) is 0 Å². The summed E-state index contributed by atoms with van der Waals surface area (Å²) in [5, 5.41) is 8.52. The van der Waals surface area contributed by atoms with Gasteiger partial charge in [-0.3, -0.25) is 4.79 Å². The van der Waals surface area contributed by atoms with Gasteiger partial charge in [-0.25, -0.2) is 0 Å². The smallest absolute Gasteiger partial charge is 0.316 e. The summed E-state index contributed by atoms with van der Waals surface area (Å²) in [5.41, 5.74) is 0. The summed E-state index contributed by atoms with van der Waals surface area (Å²) in [6.07, 6.45) is 0. The minimum Gasteiger partial charge on any atom is -0.480 e. The zero-order valence-corrected chi connectivity index (χ0v) is 9.10. The molecule has 0 amide bonds. The fourth-order valence-corrected chi connectivity index (χ4v) is 4.79. The van der Waals surface area contributed by atoms with Crippen LogP contribution >= 0.6 is 15.9 Å². The Kier molecular flexibility index (Phi) is 3.59. The fourth-order valence-electron chi connectivity index (χ4n) is 0.625. The molecular weight excluding hydrogens is 212 g/mol. The molecule has 1 atom stereocenters. The van der Waals surface area contributed by atoms with Crippen LogP contribution < -0.4 is 0 Å². The average Bonchev–Trinajstić information content (AvgIpc) is 1.60. The van der Waals surface area contributed by atoms with Gasteiger partial charge in [-0.15, -0.1) is 0 Å². The molecule has 0 aromatic rings. The molecule has 0 rings (SSSR count). The van der Waals surface area contributed by atoms with E-state index >= 15 is 0 Å². The Bertz CT molecular complexity index is 130. The second-order valence-corrected chi connectivity index (χ2v) is 10.2. The maximum Gasteiger partial charge on any atom is 0.316 e. The van der Waals surface area contributed by atoms with Gasteiger partial charge in [0.2, 0.25) is 0 Å². The normalized spacial score (nSPS) is 14.8. The molecule has 1 N–H and O–H groups in total. The number of carbonyl (C=O) groups is 1. The molecular formula is C6H13BrO2Si. The van der Waals surface area contributed by atoms with E-state index in [1.807, 2.05) is 0 Å². The first-order valence-electron chi connectivity index (χ1n) is 3.20. The monoisotopic (exact) mass is 224 g/mol. The first-order valence-corrected chi connectivity index (χ1v) is 7.82. The molecule has 0 fully saturated rings. The number of aliphatic carboxylic acids is 1. The summed E-state index contributed by atoms with van der Waals surface area (Å²) in [5.74, 6) is -0.748. The molecule has 0 aromatic carbocycles. The number of halogens is 1. The lowest BCUT2D eigenvalue weighted by atomic mass is 10.5. The third-order valence-corrected chi connectivity index (χ3v) is 4.01. The Labute approximate surface area is 70.8 Å². The molecule has 0 spiro atoms. The number of rotatable bonds is 3. The summed E-state index contributed by atoms with van der Waals surface area (Å²) in [7, 11) is -1.21. The van der Waals surface area contributed by atoms with Gasteiger partial charge in [0.05, 0.1) is 0 Å². The highest BCUT2D eigenvalue weighted by Crippen LogP contribution is 2.17. The molecule has 10 heavy (non-hydrogen) atoms. The Morgan fingerprint density at radius 3 is 2.10 bits per heavy atom. The van der Waals surface area contributed by atoms with Crippen molar-refractivity contribution >= 4 is 30.0 Å². The Morgan fingerprint density at radius 2 is 2.00 bits per heavy atom. The Morgan fingerprint density at radius 1 is 1.60 bits per heavy atom. The largest absolute Gasteiger partial charge is 0.480 e. The van der Waals surface area contributed by atoms with Crippen molar-refractivity contribution in [2.75, 3.05) is 0 Å².